The van der Waals surface area contributed by atoms with Gasteiger partial charge in [-0.2, -0.15) is 0 Å². The van der Waals surface area contributed by atoms with E-state index >= 15 is 0 Å². The first-order valence-electron chi connectivity index (χ1n) is 7.15. The van der Waals surface area contributed by atoms with Crippen molar-refractivity contribution in [2.75, 3.05) is 11.9 Å². The molecule has 0 heterocycles. The summed E-state index contributed by atoms with van der Waals surface area (Å²) in [7, 11) is 0. The van der Waals surface area contributed by atoms with Crippen LogP contribution in [0.25, 0.3) is 0 Å². The van der Waals surface area contributed by atoms with Gasteiger partial charge < -0.3 is 15.4 Å². The van der Waals surface area contributed by atoms with Crippen LogP contribution in [0.2, 0.25) is 0 Å². The number of nitrogens with one attached hydrogen (secondary N) is 2. The number of halogens is 1. The Kier molecular flexibility index (Phi) is 5.68. The standard InChI is InChI=1S/C17H17FN2O3/c1-2-23-13-9-7-12(8-10-13)11-19-16(21)17(22)20-15-6-4-3-5-14(15)18/h3-10H,2,11H2,1H3,(H,19,21)(H,20,22). The second-order valence-corrected chi connectivity index (χ2v) is 4.69. The van der Waals surface area contributed by atoms with Gasteiger partial charge in [0.2, 0.25) is 0 Å². The molecule has 23 heavy (non-hydrogen) atoms. The van der Waals surface area contributed by atoms with E-state index in [9.17, 15) is 14.0 Å². The van der Waals surface area contributed by atoms with Crippen molar-refractivity contribution >= 4 is 17.5 Å². The number of carbonyl (C=O) groups is 2. The molecule has 2 aromatic rings. The molecule has 0 saturated carbocycles. The smallest absolute Gasteiger partial charge is 0.313 e. The van der Waals surface area contributed by atoms with Gasteiger partial charge in [-0.3, -0.25) is 9.59 Å². The van der Waals surface area contributed by atoms with Crippen LogP contribution in [0.15, 0.2) is 48.5 Å². The molecule has 0 aliphatic heterocycles. The van der Waals surface area contributed by atoms with Crippen molar-refractivity contribution in [2.45, 2.75) is 13.5 Å². The Balaban J connectivity index is 1.86. The van der Waals surface area contributed by atoms with Gasteiger partial charge in [-0.1, -0.05) is 24.3 Å². The lowest BCUT2D eigenvalue weighted by molar-refractivity contribution is -0.136. The van der Waals surface area contributed by atoms with E-state index < -0.39 is 17.6 Å². The van der Waals surface area contributed by atoms with Gasteiger partial charge in [-0.25, -0.2) is 4.39 Å². The fraction of sp³-hybridized carbons (Fsp3) is 0.176. The summed E-state index contributed by atoms with van der Waals surface area (Å²) in [6.07, 6.45) is 0. The Morgan fingerprint density at radius 2 is 1.74 bits per heavy atom. The molecule has 6 heteroatoms. The number of anilines is 1. The fourth-order valence-electron chi connectivity index (χ4n) is 1.87. The molecule has 2 N–H and O–H groups in total. The summed E-state index contributed by atoms with van der Waals surface area (Å²) in [5, 5.41) is 4.70. The third-order valence-electron chi connectivity index (χ3n) is 3.02. The van der Waals surface area contributed by atoms with Gasteiger partial charge in [0.05, 0.1) is 12.3 Å². The van der Waals surface area contributed by atoms with Crippen LogP contribution < -0.4 is 15.4 Å². The summed E-state index contributed by atoms with van der Waals surface area (Å²) >= 11 is 0. The molecule has 0 aliphatic rings. The molecular formula is C17H17FN2O3. The van der Waals surface area contributed by atoms with E-state index in [4.69, 9.17) is 4.74 Å². The van der Waals surface area contributed by atoms with E-state index in [0.29, 0.717) is 6.61 Å². The molecule has 0 saturated heterocycles. The van der Waals surface area contributed by atoms with E-state index in [1.54, 1.807) is 30.3 Å². The van der Waals surface area contributed by atoms with Crippen molar-refractivity contribution in [3.05, 3.63) is 59.9 Å². The molecule has 0 spiro atoms. The summed E-state index contributed by atoms with van der Waals surface area (Å²) in [6, 6.07) is 12.8. The van der Waals surface area contributed by atoms with Crippen LogP contribution in [-0.2, 0) is 16.1 Å². The first-order chi connectivity index (χ1) is 11.1. The molecular weight excluding hydrogens is 299 g/mol. The molecule has 2 amide bonds. The minimum Gasteiger partial charge on any atom is -0.494 e. The van der Waals surface area contributed by atoms with Crippen LogP contribution in [-0.4, -0.2) is 18.4 Å². The molecule has 0 fully saturated rings. The van der Waals surface area contributed by atoms with Gasteiger partial charge in [-0.05, 0) is 36.8 Å². The van der Waals surface area contributed by atoms with Crippen LogP contribution in [0, 0.1) is 5.82 Å². The predicted octanol–water partition coefficient (Wildman–Crippen LogP) is 2.48. The van der Waals surface area contributed by atoms with E-state index in [0.717, 1.165) is 11.3 Å². The SMILES string of the molecule is CCOc1ccc(CNC(=O)C(=O)Nc2ccccc2F)cc1. The molecule has 2 aromatic carbocycles. The number of benzene rings is 2. The zero-order valence-corrected chi connectivity index (χ0v) is 12.6. The molecule has 2 rings (SSSR count). The largest absolute Gasteiger partial charge is 0.494 e. The molecule has 0 radical (unpaired) electrons. The van der Waals surface area contributed by atoms with Crippen LogP contribution in [0.1, 0.15) is 12.5 Å². The summed E-state index contributed by atoms with van der Waals surface area (Å²) in [5.74, 6) is -1.61. The van der Waals surface area contributed by atoms with Crippen LogP contribution >= 0.6 is 0 Å². The average molecular weight is 316 g/mol. The summed E-state index contributed by atoms with van der Waals surface area (Å²) in [4.78, 5) is 23.4. The second kappa shape index (κ2) is 7.93. The minimum absolute atomic E-state index is 0.0336. The molecule has 5 nitrogen and oxygen atoms in total. The maximum Gasteiger partial charge on any atom is 0.313 e. The molecule has 0 atom stereocenters. The molecule has 0 unspecified atom stereocenters. The topological polar surface area (TPSA) is 67.4 Å². The summed E-state index contributed by atoms with van der Waals surface area (Å²) in [5.41, 5.74) is 0.786. The van der Waals surface area contributed by atoms with Crippen molar-refractivity contribution in [1.29, 1.82) is 0 Å². The highest BCUT2D eigenvalue weighted by molar-refractivity contribution is 6.39. The number of ether oxygens (including phenoxy) is 1. The molecule has 0 aliphatic carbocycles. The van der Waals surface area contributed by atoms with Gasteiger partial charge in [0, 0.05) is 6.54 Å². The maximum absolute atomic E-state index is 13.4. The molecule has 0 aromatic heterocycles. The van der Waals surface area contributed by atoms with Crippen LogP contribution in [0.5, 0.6) is 5.75 Å². The maximum atomic E-state index is 13.4. The number of amides is 2. The zero-order chi connectivity index (χ0) is 16.7. The Labute approximate surface area is 133 Å². The Hall–Kier alpha value is -2.89. The van der Waals surface area contributed by atoms with E-state index in [1.165, 1.54) is 18.2 Å². The highest BCUT2D eigenvalue weighted by Crippen LogP contribution is 2.13. The van der Waals surface area contributed by atoms with Crippen LogP contribution in [0.4, 0.5) is 10.1 Å². The summed E-state index contributed by atoms with van der Waals surface area (Å²) in [6.45, 7) is 2.66. The number of rotatable bonds is 5. The van der Waals surface area contributed by atoms with Crippen molar-refractivity contribution in [3.63, 3.8) is 0 Å². The lowest BCUT2D eigenvalue weighted by atomic mass is 10.2. The van der Waals surface area contributed by atoms with Gasteiger partial charge in [0.25, 0.3) is 0 Å². The second-order valence-electron chi connectivity index (χ2n) is 4.69. The van der Waals surface area contributed by atoms with Gasteiger partial charge in [0.1, 0.15) is 11.6 Å². The Morgan fingerprint density at radius 1 is 1.04 bits per heavy atom. The highest BCUT2D eigenvalue weighted by Gasteiger charge is 2.14. The quantitative estimate of drug-likeness (QED) is 0.833. The van der Waals surface area contributed by atoms with E-state index in [2.05, 4.69) is 10.6 Å². The first-order valence-corrected chi connectivity index (χ1v) is 7.15. The fourth-order valence-corrected chi connectivity index (χ4v) is 1.87. The average Bonchev–Trinajstić information content (AvgIpc) is 2.56. The van der Waals surface area contributed by atoms with Crippen molar-refractivity contribution in [2.24, 2.45) is 0 Å². The minimum atomic E-state index is -0.916. The number of para-hydroxylation sites is 1. The monoisotopic (exact) mass is 316 g/mol. The molecule has 120 valence electrons. The number of hydrogen-bond acceptors (Lipinski definition) is 3. The lowest BCUT2D eigenvalue weighted by Gasteiger charge is -2.08. The summed E-state index contributed by atoms with van der Waals surface area (Å²) < 4.78 is 18.7. The van der Waals surface area contributed by atoms with Crippen LogP contribution in [0.3, 0.4) is 0 Å². The number of carbonyl (C=O) groups excluding carboxylic acids is 2. The Morgan fingerprint density at radius 3 is 2.39 bits per heavy atom. The lowest BCUT2D eigenvalue weighted by Crippen LogP contribution is -2.35. The molecule has 0 bridgehead atoms. The van der Waals surface area contributed by atoms with Gasteiger partial charge in [-0.15, -0.1) is 0 Å². The van der Waals surface area contributed by atoms with Gasteiger partial charge >= 0.3 is 11.8 Å². The van der Waals surface area contributed by atoms with Crippen molar-refractivity contribution in [1.82, 2.24) is 5.32 Å². The first kappa shape index (κ1) is 16.5. The third-order valence-corrected chi connectivity index (χ3v) is 3.02. The third kappa shape index (κ3) is 4.81. The predicted molar refractivity (Wildman–Crippen MR) is 84.5 cm³/mol. The highest BCUT2D eigenvalue weighted by atomic mass is 19.1. The normalized spacial score (nSPS) is 10.0. The van der Waals surface area contributed by atoms with E-state index in [1.807, 2.05) is 6.92 Å². The number of hydrogen-bond donors (Lipinski definition) is 2. The van der Waals surface area contributed by atoms with E-state index in [-0.39, 0.29) is 12.2 Å². The Bertz CT molecular complexity index is 686. The van der Waals surface area contributed by atoms with Crippen molar-refractivity contribution < 1.29 is 18.7 Å². The van der Waals surface area contributed by atoms with Gasteiger partial charge in [0.15, 0.2) is 0 Å². The van der Waals surface area contributed by atoms with Crippen molar-refractivity contribution in [3.8, 4) is 5.75 Å². The zero-order valence-electron chi connectivity index (χ0n) is 12.6.